The first-order valence-corrected chi connectivity index (χ1v) is 46.3. The molecule has 11 aromatic carbocycles. The standard InChI is InChI=1S/C29H27N3O.C24H23ClN2O.C18H21ClN2O.C12H15NO.C6H6ClNO.C6H4FNO2.C5H6BNO2.C4H6O4.C2H3BO2.Na/c1-2-6-22(7-3-1)21-31-18-14-25(15-19-31)32-26-8-4-5-9-28(26)33-29-20-24(10-11-27(29)32)23-12-16-30-17-13-23;25-19-10-11-22-24(16-19)28-23-9-5-4-8-21(23)27(22)20-12-14-26(15-13-20)17-18-6-2-1-3-7-18;19-15-6-7-17(18(22)12-15)20-16-8-10-21(11-9-16)13-14-4-2-1-3-5-14;14-12-6-8-13(9-7-12)10-11-4-2-1-3-5-11;7-4-1-2-5(8)6(9)3-4;7-5-3-1-2-4-6(5)8(9)10;8-6(9)5-1-3-7-4-2-5;1-3(5)7-8-4(2)6;1-2(4)5-3;/h1-13,16-17,20,25H,14-15,18-19,21H2;1-11,16,20H,12-15,17H2;1-7,12,16,20,22H,8-11,13H2;1-5H,6-10H2;1-3,9H,8H2;1-4H;1-4,8-9H;1-2H3;1H3;/q;;;;;;;;-1;+1. The third-order valence-corrected chi connectivity index (χ3v) is 23.5. The summed E-state index contributed by atoms with van der Waals surface area (Å²) in [6.45, 7) is 16.0. The normalized spacial score (nSPS) is 14.3. The first kappa shape index (κ1) is 108. The molecular formula is C106H111B2Cl3FN11NaO15. The van der Waals surface area contributed by atoms with Gasteiger partial charge in [-0.15, -0.1) is 0 Å². The van der Waals surface area contributed by atoms with Gasteiger partial charge in [0.2, 0.25) is 11.8 Å². The van der Waals surface area contributed by atoms with Gasteiger partial charge in [0.1, 0.15) is 17.3 Å². The number of fused-ring (bicyclic) bond motifs is 4. The maximum atomic E-state index is 12.4. The first-order valence-electron chi connectivity index (χ1n) is 45.2. The van der Waals surface area contributed by atoms with Crippen molar-refractivity contribution in [3.8, 4) is 45.6 Å². The number of aromatic hydroxyl groups is 2. The molecule has 4 fully saturated rings. The van der Waals surface area contributed by atoms with Crippen LogP contribution in [0.25, 0.3) is 11.1 Å². The Morgan fingerprint density at radius 3 is 1.23 bits per heavy atom. The molecule has 13 aromatic rings. The average molecular weight is 1950 g/mol. The van der Waals surface area contributed by atoms with E-state index in [9.17, 15) is 38.8 Å². The molecule has 7 N–H and O–H groups in total. The number of likely N-dealkylation sites (tertiary alicyclic amines) is 4. The van der Waals surface area contributed by atoms with Crippen LogP contribution in [0.3, 0.4) is 0 Å². The Bertz CT molecular complexity index is 5980. The van der Waals surface area contributed by atoms with Crippen LogP contribution in [0.1, 0.15) is 94.4 Å². The van der Waals surface area contributed by atoms with Gasteiger partial charge in [0.05, 0.1) is 39.0 Å². The average Bonchev–Trinajstić information content (AvgIpc) is 0.746. The summed E-state index contributed by atoms with van der Waals surface area (Å²) in [5.74, 6) is 1.73. The second-order valence-corrected chi connectivity index (χ2v) is 34.2. The number of benzene rings is 11. The summed E-state index contributed by atoms with van der Waals surface area (Å²) >= 11 is 17.6. The van der Waals surface area contributed by atoms with Gasteiger partial charge in [-0.25, -0.2) is 19.4 Å². The number of nitrogen functional groups attached to an aromatic ring is 1. The Kier molecular flexibility index (Phi) is 44.4. The summed E-state index contributed by atoms with van der Waals surface area (Å²) in [6.07, 6.45) is 14.8. The number of aromatic nitrogens is 2. The minimum atomic E-state index is -1.38. The van der Waals surface area contributed by atoms with Crippen LogP contribution in [0.4, 0.5) is 44.2 Å². The number of phenolic OH excluding ortho intramolecular Hbond substituents is 2. The van der Waals surface area contributed by atoms with Crippen molar-refractivity contribution in [2.75, 3.05) is 73.2 Å². The van der Waals surface area contributed by atoms with Gasteiger partial charge in [-0.1, -0.05) is 199 Å². The first-order chi connectivity index (χ1) is 66.8. The van der Waals surface area contributed by atoms with E-state index >= 15 is 0 Å². The van der Waals surface area contributed by atoms with Gasteiger partial charge in [0.25, 0.3) is 0 Å². The van der Waals surface area contributed by atoms with Crippen LogP contribution in [0.5, 0.6) is 34.5 Å². The minimum absolute atomic E-state index is 0. The predicted molar refractivity (Wildman–Crippen MR) is 541 cm³/mol. The number of carbonyl (C=O) groups excluding carboxylic acids is 4. The molecule has 26 nitrogen and oxygen atoms in total. The van der Waals surface area contributed by atoms with Gasteiger partial charge >= 0.3 is 54.3 Å². The van der Waals surface area contributed by atoms with Crippen molar-refractivity contribution < 1.29 is 102 Å². The molecule has 0 spiro atoms. The van der Waals surface area contributed by atoms with Gasteiger partial charge in [-0.3, -0.25) is 49.3 Å². The van der Waals surface area contributed by atoms with E-state index in [1.54, 1.807) is 36.4 Å². The number of Topliss-reactive ketones (excluding diaryl/α,β-unsaturated/α-hetero) is 1. The van der Waals surface area contributed by atoms with E-state index in [0.717, 1.165) is 213 Å². The molecule has 6 aliphatic heterocycles. The Hall–Kier alpha value is -12.7. The van der Waals surface area contributed by atoms with Crippen LogP contribution in [-0.4, -0.2) is 164 Å². The fraction of sp³-hybridized carbons (Fsp3) is 0.245. The van der Waals surface area contributed by atoms with Gasteiger partial charge in [0, 0.05) is 194 Å². The second-order valence-electron chi connectivity index (χ2n) is 32.9. The van der Waals surface area contributed by atoms with Gasteiger partial charge in [-0.05, 0) is 180 Å². The molecule has 0 atom stereocenters. The van der Waals surface area contributed by atoms with E-state index in [-0.39, 0.29) is 41.1 Å². The van der Waals surface area contributed by atoms with Crippen molar-refractivity contribution >= 4 is 119 Å². The molecule has 715 valence electrons. The number of nitrogens with zero attached hydrogens (tertiary/aromatic N) is 9. The molecule has 33 heteroatoms. The zero-order chi connectivity index (χ0) is 98.1. The minimum Gasteiger partial charge on any atom is -0.793 e. The van der Waals surface area contributed by atoms with Crippen molar-refractivity contribution in [3.63, 3.8) is 0 Å². The molecule has 8 heterocycles. The van der Waals surface area contributed by atoms with Gasteiger partial charge in [0.15, 0.2) is 23.0 Å². The summed E-state index contributed by atoms with van der Waals surface area (Å²) in [5.41, 5.74) is 18.7. The molecule has 0 bridgehead atoms. The predicted octanol–water partition coefficient (Wildman–Crippen LogP) is 17.7. The number of ketones is 1. The SMILES string of the molecule is CC(=O)OOC(C)=O.Clc1ccc2c(c1)Oc1ccccc1N2C1CCN(Cc2ccccc2)CC1.Nc1ccc(Cl)cc1O.O=C1CCN(Cc2ccccc2)CC1.O=[N+]([O-])c1ccccc1F.OB(O)c1ccncc1.Oc1cc(Cl)ccc1NC1CCN(Cc2ccccc2)CC1.[B-]OC(C)=O.[Na+].c1ccc(CN2CCC(N3c4ccccc4Oc4cc(-c5ccncc5)ccc43)CC2)cc1. The Morgan fingerprint density at radius 1 is 0.468 bits per heavy atom. The molecule has 6 aliphatic rings. The number of nitro groups is 1. The maximum Gasteiger partial charge on any atom is 1.00 e. The largest absolute Gasteiger partial charge is 1.00 e. The van der Waals surface area contributed by atoms with E-state index in [2.05, 4.69) is 243 Å². The summed E-state index contributed by atoms with van der Waals surface area (Å²) in [5, 5.41) is 51.1. The Labute approximate surface area is 849 Å². The van der Waals surface area contributed by atoms with E-state index < -0.39 is 41.5 Å². The number of ether oxygens (including phenoxy) is 2. The number of carbonyl (C=O) groups is 4. The van der Waals surface area contributed by atoms with E-state index in [1.165, 1.54) is 65.5 Å². The molecule has 0 saturated carbocycles. The van der Waals surface area contributed by atoms with Crippen LogP contribution in [0.15, 0.2) is 316 Å². The molecule has 0 unspecified atom stereocenters. The van der Waals surface area contributed by atoms with E-state index in [4.69, 9.17) is 65.2 Å². The number of anilines is 6. The molecule has 139 heavy (non-hydrogen) atoms. The van der Waals surface area contributed by atoms with Crippen LogP contribution < -0.4 is 65.3 Å². The molecule has 4 saturated heterocycles. The molecule has 3 radical (unpaired) electrons. The van der Waals surface area contributed by atoms with Crippen LogP contribution in [-0.2, 0) is 59.8 Å². The number of phenols is 2. The summed E-state index contributed by atoms with van der Waals surface area (Å²) in [7, 11) is 2.94. The van der Waals surface area contributed by atoms with Crippen molar-refractivity contribution in [1.82, 2.24) is 29.6 Å². The van der Waals surface area contributed by atoms with Crippen molar-refractivity contribution in [3.05, 3.63) is 369 Å². The van der Waals surface area contributed by atoms with Crippen LogP contribution in [0.2, 0.25) is 15.1 Å². The quantitative estimate of drug-likeness (QED) is 0.0139. The fourth-order valence-electron chi connectivity index (χ4n) is 15.9. The molecule has 0 amide bonds. The third-order valence-electron chi connectivity index (χ3n) is 22.8. The zero-order valence-corrected chi connectivity index (χ0v) is 82.2. The number of nitrogens with one attached hydrogen (secondary N) is 1. The smallest absolute Gasteiger partial charge is 0.793 e. The van der Waals surface area contributed by atoms with Crippen molar-refractivity contribution in [1.29, 1.82) is 0 Å². The van der Waals surface area contributed by atoms with Crippen LogP contribution >= 0.6 is 34.8 Å². The van der Waals surface area contributed by atoms with Crippen molar-refractivity contribution in [2.45, 2.75) is 116 Å². The number of para-hydroxylation sites is 5. The summed E-state index contributed by atoms with van der Waals surface area (Å²) in [6, 6.07) is 95.1. The third kappa shape index (κ3) is 35.6. The zero-order valence-electron chi connectivity index (χ0n) is 77.9. The molecule has 2 aromatic heterocycles. The monoisotopic (exact) mass is 1950 g/mol. The summed E-state index contributed by atoms with van der Waals surface area (Å²) < 4.78 is 28.5. The van der Waals surface area contributed by atoms with Crippen molar-refractivity contribution in [2.24, 2.45) is 0 Å². The van der Waals surface area contributed by atoms with E-state index in [1.807, 2.05) is 60.9 Å². The summed E-state index contributed by atoms with van der Waals surface area (Å²) in [4.78, 5) is 79.9. The topological polar surface area (TPSA) is 322 Å². The Morgan fingerprint density at radius 2 is 0.835 bits per heavy atom. The van der Waals surface area contributed by atoms with E-state index in [0.29, 0.717) is 50.1 Å². The van der Waals surface area contributed by atoms with Gasteiger partial charge in [-0.2, -0.15) is 4.39 Å². The number of pyridine rings is 2. The number of nitrogens with two attached hydrogens (primary N) is 1. The molecule has 19 rings (SSSR count). The second kappa shape index (κ2) is 57.0. The molecule has 0 aliphatic carbocycles. The Balaban J connectivity index is 0.000000171. The van der Waals surface area contributed by atoms with Crippen LogP contribution in [0, 0.1) is 15.9 Å². The number of piperidine rings is 4. The van der Waals surface area contributed by atoms with Gasteiger partial charge < -0.3 is 63.3 Å². The number of nitro benzene ring substituents is 1. The maximum absolute atomic E-state index is 12.4. The molecular weight excluding hydrogens is 1840 g/mol. The number of halogens is 4. The fourth-order valence-corrected chi connectivity index (χ4v) is 16.4. The number of hydrogen-bond acceptors (Lipinski definition) is 25. The number of hydrogen-bond donors (Lipinski definition) is 6. The number of rotatable bonds is 15.